The SMILES string of the molecule is CC1C(C(=O)O)CC2CCC(C(=O)O)CC2C1C. The van der Waals surface area contributed by atoms with E-state index in [1.54, 1.807) is 0 Å². The van der Waals surface area contributed by atoms with Crippen LogP contribution in [-0.2, 0) is 9.59 Å². The molecule has 0 saturated heterocycles. The quantitative estimate of drug-likeness (QED) is 0.794. The molecule has 2 saturated carbocycles. The summed E-state index contributed by atoms with van der Waals surface area (Å²) in [4.78, 5) is 22.4. The lowest BCUT2D eigenvalue weighted by molar-refractivity contribution is -0.152. The van der Waals surface area contributed by atoms with Crippen LogP contribution in [0.3, 0.4) is 0 Å². The Morgan fingerprint density at radius 2 is 1.61 bits per heavy atom. The Hall–Kier alpha value is -1.06. The van der Waals surface area contributed by atoms with E-state index >= 15 is 0 Å². The lowest BCUT2D eigenvalue weighted by Crippen LogP contribution is -2.44. The van der Waals surface area contributed by atoms with Crippen molar-refractivity contribution in [1.29, 1.82) is 0 Å². The van der Waals surface area contributed by atoms with Crippen LogP contribution in [-0.4, -0.2) is 22.2 Å². The van der Waals surface area contributed by atoms with Crippen molar-refractivity contribution in [3.63, 3.8) is 0 Å². The fourth-order valence-corrected chi connectivity index (χ4v) is 4.05. The number of carbonyl (C=O) groups is 2. The molecule has 2 rings (SSSR count). The molecule has 0 aromatic carbocycles. The van der Waals surface area contributed by atoms with Crippen LogP contribution in [0.1, 0.15) is 39.5 Å². The van der Waals surface area contributed by atoms with Crippen molar-refractivity contribution >= 4 is 11.9 Å². The molecule has 102 valence electrons. The standard InChI is InChI=1S/C14H22O4/c1-7-8(2)12(14(17)18)5-9-3-4-10(13(15)16)6-11(7)9/h7-12H,3-6H2,1-2H3,(H,15,16)(H,17,18). The second kappa shape index (κ2) is 4.90. The minimum Gasteiger partial charge on any atom is -0.481 e. The number of hydrogen-bond donors (Lipinski definition) is 2. The van der Waals surface area contributed by atoms with E-state index in [-0.39, 0.29) is 17.8 Å². The van der Waals surface area contributed by atoms with Gasteiger partial charge in [0.1, 0.15) is 0 Å². The van der Waals surface area contributed by atoms with Gasteiger partial charge in [-0.05, 0) is 49.4 Å². The third-order valence-corrected chi connectivity index (χ3v) is 5.41. The Morgan fingerprint density at radius 1 is 0.944 bits per heavy atom. The predicted octanol–water partition coefficient (Wildman–Crippen LogP) is 2.48. The molecule has 0 radical (unpaired) electrons. The Kier molecular flexibility index (Phi) is 3.64. The molecule has 0 spiro atoms. The van der Waals surface area contributed by atoms with Crippen molar-refractivity contribution in [2.24, 2.45) is 35.5 Å². The van der Waals surface area contributed by atoms with Gasteiger partial charge in [-0.3, -0.25) is 9.59 Å². The first-order valence-electron chi connectivity index (χ1n) is 6.87. The first-order chi connectivity index (χ1) is 8.41. The van der Waals surface area contributed by atoms with Crippen LogP contribution in [0.5, 0.6) is 0 Å². The van der Waals surface area contributed by atoms with Gasteiger partial charge in [-0.15, -0.1) is 0 Å². The van der Waals surface area contributed by atoms with Crippen molar-refractivity contribution in [3.8, 4) is 0 Å². The Morgan fingerprint density at radius 3 is 2.17 bits per heavy atom. The summed E-state index contributed by atoms with van der Waals surface area (Å²) in [5, 5.41) is 18.4. The van der Waals surface area contributed by atoms with E-state index in [9.17, 15) is 14.7 Å². The van der Waals surface area contributed by atoms with Crippen LogP contribution in [0, 0.1) is 35.5 Å². The van der Waals surface area contributed by atoms with Crippen molar-refractivity contribution in [3.05, 3.63) is 0 Å². The van der Waals surface area contributed by atoms with E-state index in [1.807, 2.05) is 6.92 Å². The summed E-state index contributed by atoms with van der Waals surface area (Å²) in [6, 6.07) is 0. The summed E-state index contributed by atoms with van der Waals surface area (Å²) >= 11 is 0. The molecule has 2 aliphatic carbocycles. The smallest absolute Gasteiger partial charge is 0.306 e. The maximum atomic E-state index is 11.3. The van der Waals surface area contributed by atoms with Crippen LogP contribution in [0.2, 0.25) is 0 Å². The molecule has 0 heterocycles. The van der Waals surface area contributed by atoms with E-state index in [0.29, 0.717) is 24.2 Å². The molecule has 0 aromatic rings. The molecule has 6 unspecified atom stereocenters. The highest BCUT2D eigenvalue weighted by Crippen LogP contribution is 2.49. The number of rotatable bonds is 2. The molecular weight excluding hydrogens is 232 g/mol. The van der Waals surface area contributed by atoms with Crippen molar-refractivity contribution < 1.29 is 19.8 Å². The Balaban J connectivity index is 2.12. The van der Waals surface area contributed by atoms with Gasteiger partial charge in [-0.2, -0.15) is 0 Å². The van der Waals surface area contributed by atoms with E-state index in [0.717, 1.165) is 19.3 Å². The normalized spacial score (nSPS) is 44.1. The van der Waals surface area contributed by atoms with Crippen LogP contribution in [0.15, 0.2) is 0 Å². The van der Waals surface area contributed by atoms with Gasteiger partial charge in [0.2, 0.25) is 0 Å². The third kappa shape index (κ3) is 2.25. The zero-order valence-corrected chi connectivity index (χ0v) is 11.0. The molecule has 2 fully saturated rings. The first-order valence-corrected chi connectivity index (χ1v) is 6.87. The third-order valence-electron chi connectivity index (χ3n) is 5.41. The van der Waals surface area contributed by atoms with Crippen LogP contribution in [0.25, 0.3) is 0 Å². The maximum absolute atomic E-state index is 11.3. The summed E-state index contributed by atoms with van der Waals surface area (Å²) in [5.41, 5.74) is 0. The molecular formula is C14H22O4. The van der Waals surface area contributed by atoms with Gasteiger partial charge >= 0.3 is 11.9 Å². The lowest BCUT2D eigenvalue weighted by atomic mass is 9.57. The van der Waals surface area contributed by atoms with E-state index in [2.05, 4.69) is 6.92 Å². The molecule has 6 atom stereocenters. The Bertz CT molecular complexity index is 350. The summed E-state index contributed by atoms with van der Waals surface area (Å²) in [7, 11) is 0. The molecule has 0 aliphatic heterocycles. The second-order valence-electron chi connectivity index (χ2n) is 6.17. The van der Waals surface area contributed by atoms with Crippen molar-refractivity contribution in [1.82, 2.24) is 0 Å². The van der Waals surface area contributed by atoms with Gasteiger partial charge in [-0.25, -0.2) is 0 Å². The first kappa shape index (κ1) is 13.4. The van der Waals surface area contributed by atoms with E-state index in [1.165, 1.54) is 0 Å². The highest BCUT2D eigenvalue weighted by atomic mass is 16.4. The zero-order chi connectivity index (χ0) is 13.4. The van der Waals surface area contributed by atoms with E-state index in [4.69, 9.17) is 5.11 Å². The highest BCUT2D eigenvalue weighted by Gasteiger charge is 2.46. The number of hydrogen-bond acceptors (Lipinski definition) is 2. The topological polar surface area (TPSA) is 74.6 Å². The summed E-state index contributed by atoms with van der Waals surface area (Å²) < 4.78 is 0. The largest absolute Gasteiger partial charge is 0.481 e. The van der Waals surface area contributed by atoms with Crippen molar-refractivity contribution in [2.45, 2.75) is 39.5 Å². The monoisotopic (exact) mass is 254 g/mol. The van der Waals surface area contributed by atoms with Crippen molar-refractivity contribution in [2.75, 3.05) is 0 Å². The van der Waals surface area contributed by atoms with Gasteiger partial charge in [0.15, 0.2) is 0 Å². The minimum atomic E-state index is -0.687. The van der Waals surface area contributed by atoms with Gasteiger partial charge in [0.05, 0.1) is 11.8 Å². The average Bonchev–Trinajstić information content (AvgIpc) is 2.32. The van der Waals surface area contributed by atoms with Gasteiger partial charge in [0, 0.05) is 0 Å². The fourth-order valence-electron chi connectivity index (χ4n) is 4.05. The highest BCUT2D eigenvalue weighted by molar-refractivity contribution is 5.71. The van der Waals surface area contributed by atoms with Crippen LogP contribution >= 0.6 is 0 Å². The molecule has 4 nitrogen and oxygen atoms in total. The number of fused-ring (bicyclic) bond motifs is 1. The number of aliphatic carboxylic acids is 2. The molecule has 18 heavy (non-hydrogen) atoms. The molecule has 2 aliphatic rings. The average molecular weight is 254 g/mol. The van der Waals surface area contributed by atoms with Crippen LogP contribution < -0.4 is 0 Å². The molecule has 0 aromatic heterocycles. The number of carboxylic acid groups (broad SMARTS) is 2. The summed E-state index contributed by atoms with van der Waals surface area (Å²) in [6.07, 6.45) is 3.06. The lowest BCUT2D eigenvalue weighted by Gasteiger charge is -2.47. The summed E-state index contributed by atoms with van der Waals surface area (Å²) in [6.45, 7) is 4.10. The second-order valence-corrected chi connectivity index (χ2v) is 6.17. The van der Waals surface area contributed by atoms with Gasteiger partial charge < -0.3 is 10.2 Å². The molecule has 0 amide bonds. The minimum absolute atomic E-state index is 0.149. The maximum Gasteiger partial charge on any atom is 0.306 e. The van der Waals surface area contributed by atoms with E-state index < -0.39 is 11.9 Å². The van der Waals surface area contributed by atoms with Crippen LogP contribution in [0.4, 0.5) is 0 Å². The predicted molar refractivity (Wildman–Crippen MR) is 66.0 cm³/mol. The zero-order valence-electron chi connectivity index (χ0n) is 11.0. The number of carboxylic acids is 2. The van der Waals surface area contributed by atoms with Gasteiger partial charge in [-0.1, -0.05) is 13.8 Å². The molecule has 0 bridgehead atoms. The summed E-state index contributed by atoms with van der Waals surface area (Å²) in [5.74, 6) is -0.576. The van der Waals surface area contributed by atoms with Gasteiger partial charge in [0.25, 0.3) is 0 Å². The molecule has 4 heteroatoms. The molecule has 2 N–H and O–H groups in total. The Labute approximate surface area is 107 Å². The fraction of sp³-hybridized carbons (Fsp3) is 0.857.